The van der Waals surface area contributed by atoms with Gasteiger partial charge in [0.05, 0.1) is 11.6 Å². The second-order valence-corrected chi connectivity index (χ2v) is 4.26. The second-order valence-electron chi connectivity index (χ2n) is 3.82. The number of benzene rings is 1. The summed E-state index contributed by atoms with van der Waals surface area (Å²) in [4.78, 5) is 11.6. The smallest absolute Gasteiger partial charge is 0.249 e. The van der Waals surface area contributed by atoms with Crippen molar-refractivity contribution in [1.29, 1.82) is 0 Å². The molecule has 1 heterocycles. The van der Waals surface area contributed by atoms with Gasteiger partial charge in [0.25, 0.3) is 0 Å². The van der Waals surface area contributed by atoms with Crippen LogP contribution in [0.4, 0.5) is 0 Å². The lowest BCUT2D eigenvalue weighted by atomic mass is 9.93. The summed E-state index contributed by atoms with van der Waals surface area (Å²) in [5.74, 6) is -0.127. The third-order valence-corrected chi connectivity index (χ3v) is 2.90. The van der Waals surface area contributed by atoms with Gasteiger partial charge in [-0.1, -0.05) is 37.1 Å². The van der Waals surface area contributed by atoms with Gasteiger partial charge in [0.1, 0.15) is 0 Å². The number of carbonyl (C=O) groups is 1. The maximum absolute atomic E-state index is 11.6. The Balaban J connectivity index is 2.26. The van der Waals surface area contributed by atoms with Gasteiger partial charge >= 0.3 is 0 Å². The van der Waals surface area contributed by atoms with Crippen LogP contribution in [0.25, 0.3) is 0 Å². The van der Waals surface area contributed by atoms with Crippen LogP contribution in [0.5, 0.6) is 0 Å². The fourth-order valence-corrected chi connectivity index (χ4v) is 1.96. The van der Waals surface area contributed by atoms with Crippen LogP contribution >= 0.6 is 11.6 Å². The molecule has 1 aliphatic rings. The molecule has 0 aromatic heterocycles. The first-order valence-corrected chi connectivity index (χ1v) is 5.73. The number of rotatable bonds is 3. The molecule has 0 radical (unpaired) electrons. The number of nitrogens with zero attached hydrogens (tertiary/aromatic N) is 1. The van der Waals surface area contributed by atoms with Gasteiger partial charge in [-0.25, -0.2) is 5.43 Å². The first-order chi connectivity index (χ1) is 7.72. The molecule has 0 saturated heterocycles. The molecule has 1 aromatic carbocycles. The third kappa shape index (κ3) is 2.09. The van der Waals surface area contributed by atoms with Crippen LogP contribution in [0.1, 0.15) is 25.3 Å². The molecule has 0 bridgehead atoms. The Kier molecular flexibility index (Phi) is 3.25. The Morgan fingerprint density at radius 1 is 1.38 bits per heavy atom. The number of nitrogens with one attached hydrogen (secondary N) is 1. The minimum Gasteiger partial charge on any atom is -0.272 e. The fraction of sp³-hybridized carbons (Fsp3) is 0.333. The zero-order chi connectivity index (χ0) is 11.5. The van der Waals surface area contributed by atoms with Gasteiger partial charge in [0, 0.05) is 5.02 Å². The lowest BCUT2D eigenvalue weighted by Crippen LogP contribution is -2.23. The quantitative estimate of drug-likeness (QED) is 0.861. The zero-order valence-electron chi connectivity index (χ0n) is 9.03. The molecule has 1 aliphatic heterocycles. The highest BCUT2D eigenvalue weighted by Crippen LogP contribution is 2.20. The maximum Gasteiger partial charge on any atom is 0.249 e. The normalized spacial score (nSPS) is 19.5. The zero-order valence-corrected chi connectivity index (χ0v) is 9.79. The van der Waals surface area contributed by atoms with E-state index in [4.69, 9.17) is 11.6 Å². The van der Waals surface area contributed by atoms with E-state index in [0.29, 0.717) is 5.02 Å². The third-order valence-electron chi connectivity index (χ3n) is 2.65. The average Bonchev–Trinajstić information content (AvgIpc) is 2.63. The monoisotopic (exact) mass is 236 g/mol. The van der Waals surface area contributed by atoms with Gasteiger partial charge in [-0.15, -0.1) is 0 Å². The number of hydrogen-bond donors (Lipinski definition) is 1. The molecular weight excluding hydrogens is 224 g/mol. The van der Waals surface area contributed by atoms with Crippen molar-refractivity contribution in [2.75, 3.05) is 0 Å². The topological polar surface area (TPSA) is 41.5 Å². The lowest BCUT2D eigenvalue weighted by molar-refractivity contribution is -0.122. The van der Waals surface area contributed by atoms with Gasteiger partial charge in [-0.2, -0.15) is 5.10 Å². The molecule has 0 spiro atoms. The molecule has 2 rings (SSSR count). The van der Waals surface area contributed by atoms with E-state index in [1.807, 2.05) is 24.3 Å². The van der Waals surface area contributed by atoms with E-state index in [0.717, 1.165) is 24.1 Å². The van der Waals surface area contributed by atoms with Crippen molar-refractivity contribution in [3.63, 3.8) is 0 Å². The fourth-order valence-electron chi connectivity index (χ4n) is 1.84. The maximum atomic E-state index is 11.6. The molecule has 4 heteroatoms. The first kappa shape index (κ1) is 11.1. The Morgan fingerprint density at radius 2 is 2.06 bits per heavy atom. The molecule has 3 nitrogen and oxygen atoms in total. The van der Waals surface area contributed by atoms with E-state index in [-0.39, 0.29) is 11.8 Å². The van der Waals surface area contributed by atoms with Crippen molar-refractivity contribution < 1.29 is 4.79 Å². The minimum atomic E-state index is -0.119. The highest BCUT2D eigenvalue weighted by Gasteiger charge is 2.29. The summed E-state index contributed by atoms with van der Waals surface area (Å²) >= 11 is 5.82. The van der Waals surface area contributed by atoms with Gasteiger partial charge in [0.15, 0.2) is 0 Å². The van der Waals surface area contributed by atoms with Crippen LogP contribution in [0.2, 0.25) is 5.02 Å². The van der Waals surface area contributed by atoms with Gasteiger partial charge in [-0.3, -0.25) is 4.79 Å². The summed E-state index contributed by atoms with van der Waals surface area (Å²) in [5, 5.41) is 4.78. The lowest BCUT2D eigenvalue weighted by Gasteiger charge is -2.08. The highest BCUT2D eigenvalue weighted by molar-refractivity contribution is 6.30. The summed E-state index contributed by atoms with van der Waals surface area (Å²) in [6, 6.07) is 7.41. The van der Waals surface area contributed by atoms with Crippen molar-refractivity contribution in [2.45, 2.75) is 19.8 Å². The van der Waals surface area contributed by atoms with Crippen molar-refractivity contribution in [2.24, 2.45) is 11.0 Å². The first-order valence-electron chi connectivity index (χ1n) is 5.35. The van der Waals surface area contributed by atoms with Crippen molar-refractivity contribution in [3.8, 4) is 0 Å². The van der Waals surface area contributed by atoms with Crippen molar-refractivity contribution in [3.05, 3.63) is 34.9 Å². The second kappa shape index (κ2) is 4.66. The van der Waals surface area contributed by atoms with Crippen LogP contribution in [0.15, 0.2) is 29.4 Å². The van der Waals surface area contributed by atoms with Crippen molar-refractivity contribution in [1.82, 2.24) is 5.43 Å². The summed E-state index contributed by atoms with van der Waals surface area (Å²) < 4.78 is 0. The summed E-state index contributed by atoms with van der Waals surface area (Å²) in [6.45, 7) is 2.06. The average molecular weight is 237 g/mol. The number of halogens is 1. The molecule has 0 fully saturated rings. The van der Waals surface area contributed by atoms with Crippen LogP contribution in [0.3, 0.4) is 0 Å². The number of hydrogen-bond acceptors (Lipinski definition) is 2. The van der Waals surface area contributed by atoms with E-state index in [2.05, 4.69) is 17.5 Å². The van der Waals surface area contributed by atoms with E-state index < -0.39 is 0 Å². The molecule has 0 aliphatic carbocycles. The Bertz CT molecular complexity index is 425. The molecule has 16 heavy (non-hydrogen) atoms. The SMILES string of the molecule is CCCC1C(=O)NN=C1c1ccc(Cl)cc1. The van der Waals surface area contributed by atoms with Gasteiger partial charge in [0.2, 0.25) is 5.91 Å². The standard InChI is InChI=1S/C12H13ClN2O/c1-2-3-10-11(14-15-12(10)16)8-4-6-9(13)7-5-8/h4-7,10H,2-3H2,1H3,(H,15,16). The predicted octanol–water partition coefficient (Wildman–Crippen LogP) is 2.59. The molecular formula is C12H13ClN2O. The van der Waals surface area contributed by atoms with E-state index in [1.54, 1.807) is 0 Å². The van der Waals surface area contributed by atoms with E-state index in [1.165, 1.54) is 0 Å². The summed E-state index contributed by atoms with van der Waals surface area (Å²) in [7, 11) is 0. The van der Waals surface area contributed by atoms with Crippen LogP contribution in [-0.2, 0) is 4.79 Å². The minimum absolute atomic E-state index is 0.00759. The summed E-state index contributed by atoms with van der Waals surface area (Å²) in [5.41, 5.74) is 4.32. The summed E-state index contributed by atoms with van der Waals surface area (Å²) in [6.07, 6.45) is 1.79. The molecule has 1 amide bonds. The van der Waals surface area contributed by atoms with E-state index >= 15 is 0 Å². The van der Waals surface area contributed by atoms with E-state index in [9.17, 15) is 4.79 Å². The van der Waals surface area contributed by atoms with Crippen molar-refractivity contribution >= 4 is 23.2 Å². The molecule has 1 unspecified atom stereocenters. The van der Waals surface area contributed by atoms with Gasteiger partial charge < -0.3 is 0 Å². The number of hydrazone groups is 1. The van der Waals surface area contributed by atoms with Gasteiger partial charge in [-0.05, 0) is 24.1 Å². The Morgan fingerprint density at radius 3 is 2.69 bits per heavy atom. The molecule has 1 atom stereocenters. The Labute approximate surface area is 99.5 Å². The van der Waals surface area contributed by atoms with Crippen LogP contribution in [0, 0.1) is 5.92 Å². The highest BCUT2D eigenvalue weighted by atomic mass is 35.5. The predicted molar refractivity (Wildman–Crippen MR) is 64.5 cm³/mol. The number of carbonyl (C=O) groups excluding carboxylic acids is 1. The molecule has 1 aromatic rings. The van der Waals surface area contributed by atoms with Crippen LogP contribution < -0.4 is 5.43 Å². The molecule has 1 N–H and O–H groups in total. The Hall–Kier alpha value is -1.35. The largest absolute Gasteiger partial charge is 0.272 e. The molecule has 0 saturated carbocycles. The van der Waals surface area contributed by atoms with Crippen LogP contribution in [-0.4, -0.2) is 11.6 Å². The molecule has 84 valence electrons. The number of amides is 1.